The second-order valence-electron chi connectivity index (χ2n) is 3.98. The Morgan fingerprint density at radius 1 is 1.32 bits per heavy atom. The highest BCUT2D eigenvalue weighted by molar-refractivity contribution is 7.53. The average Bonchev–Trinajstić information content (AvgIpc) is 3.00. The maximum Gasteiger partial charge on any atom is 0.356 e. The first-order valence-electron chi connectivity index (χ1n) is 8.54. The van der Waals surface area contributed by atoms with Crippen molar-refractivity contribution in [2.75, 3.05) is 31.9 Å². The Morgan fingerprint density at radius 3 is 2.73 bits per heavy atom. The van der Waals surface area contributed by atoms with E-state index in [1.807, 2.05) is 0 Å². The van der Waals surface area contributed by atoms with Crippen molar-refractivity contribution >= 4 is 24.6 Å². The average molecular weight is 333 g/mol. The maximum absolute atomic E-state index is 12.4. The van der Waals surface area contributed by atoms with Crippen LogP contribution in [-0.2, 0) is 24.8 Å². The summed E-state index contributed by atoms with van der Waals surface area (Å²) in [6.45, 7) is -2.34. The van der Waals surface area contributed by atoms with Crippen LogP contribution in [-0.4, -0.2) is 45.6 Å². The van der Waals surface area contributed by atoms with Crippen LogP contribution in [0.2, 0.25) is 0 Å². The highest BCUT2D eigenvalue weighted by Crippen LogP contribution is 2.47. The van der Waals surface area contributed by atoms with Crippen LogP contribution in [0.3, 0.4) is 0 Å². The number of anilines is 1. The molecule has 22 heavy (non-hydrogen) atoms. The zero-order valence-electron chi connectivity index (χ0n) is 16.2. The van der Waals surface area contributed by atoms with E-state index >= 15 is 0 Å². The molecule has 9 nitrogen and oxygen atoms in total. The van der Waals surface area contributed by atoms with E-state index < -0.39 is 27.0 Å². The van der Waals surface area contributed by atoms with Crippen molar-refractivity contribution in [3.8, 4) is 0 Å². The van der Waals surface area contributed by atoms with Crippen molar-refractivity contribution in [3.63, 3.8) is 0 Å². The van der Waals surface area contributed by atoms with E-state index in [2.05, 4.69) is 15.0 Å². The Morgan fingerprint density at radius 2 is 2.05 bits per heavy atom. The molecule has 122 valence electrons. The van der Waals surface area contributed by atoms with Crippen molar-refractivity contribution in [3.05, 3.63) is 12.7 Å². The van der Waals surface area contributed by atoms with Crippen LogP contribution in [0.5, 0.6) is 0 Å². The molecule has 0 bridgehead atoms. The monoisotopic (exact) mass is 333 g/mol. The van der Waals surface area contributed by atoms with Gasteiger partial charge in [0.2, 0.25) is 0 Å². The van der Waals surface area contributed by atoms with Gasteiger partial charge in [-0.15, -0.1) is 0 Å². The number of hydrogen-bond acceptors (Lipinski definition) is 8. The Balaban J connectivity index is 2.30. The molecule has 0 unspecified atom stereocenters. The van der Waals surface area contributed by atoms with Crippen molar-refractivity contribution in [1.82, 2.24) is 19.5 Å². The number of rotatable bonds is 9. The first-order chi connectivity index (χ1) is 12.1. The molecule has 2 aromatic rings. The summed E-state index contributed by atoms with van der Waals surface area (Å²) in [4.78, 5) is 11.6. The second kappa shape index (κ2) is 7.64. The smallest absolute Gasteiger partial charge is 0.356 e. The van der Waals surface area contributed by atoms with Gasteiger partial charge in [-0.3, -0.25) is 4.57 Å². The predicted molar refractivity (Wildman–Crippen MR) is 81.4 cm³/mol. The number of aryl methyl sites for hydroxylation is 1. The summed E-state index contributed by atoms with van der Waals surface area (Å²) in [5.41, 5.74) is 5.78. The maximum atomic E-state index is 12.4. The third-order valence-electron chi connectivity index (χ3n) is 2.47. The predicted octanol–water partition coefficient (Wildman–Crippen LogP) is 1.65. The second-order valence-corrected chi connectivity index (χ2v) is 5.98. The summed E-state index contributed by atoms with van der Waals surface area (Å²) >= 11 is 0. The summed E-state index contributed by atoms with van der Waals surface area (Å²) in [7, 11) is -3.72. The van der Waals surface area contributed by atoms with Crippen LogP contribution in [0.25, 0.3) is 11.2 Å². The van der Waals surface area contributed by atoms with E-state index in [0.717, 1.165) is 17.2 Å². The minimum absolute atomic E-state index is 0.00669. The molecule has 2 rings (SSSR count). The lowest BCUT2D eigenvalue weighted by atomic mass is 10.5. The largest absolute Gasteiger partial charge is 0.382 e. The van der Waals surface area contributed by atoms with Gasteiger partial charge >= 0.3 is 7.60 Å². The lowest BCUT2D eigenvalue weighted by molar-refractivity contribution is 0.127. The van der Waals surface area contributed by atoms with E-state index in [4.69, 9.17) is 25.0 Å². The fourth-order valence-electron chi connectivity index (χ4n) is 1.63. The molecule has 0 saturated carbocycles. The Kier molecular flexibility index (Phi) is 4.15. The zero-order valence-corrected chi connectivity index (χ0v) is 13.1. The van der Waals surface area contributed by atoms with Crippen LogP contribution in [0.4, 0.5) is 5.82 Å². The molecule has 0 fully saturated rings. The lowest BCUT2D eigenvalue weighted by Crippen LogP contribution is -2.09. The Labute approximate surface area is 134 Å². The van der Waals surface area contributed by atoms with Gasteiger partial charge in [-0.05, 0) is 13.8 Å². The van der Waals surface area contributed by atoms with Gasteiger partial charge in [0.1, 0.15) is 18.2 Å². The van der Waals surface area contributed by atoms with Gasteiger partial charge < -0.3 is 24.1 Å². The van der Waals surface area contributed by atoms with Gasteiger partial charge in [-0.1, -0.05) is 0 Å². The van der Waals surface area contributed by atoms with Crippen molar-refractivity contribution in [1.29, 1.82) is 0 Å². The minimum atomic E-state index is -3.72. The molecule has 0 radical (unpaired) electrons. The van der Waals surface area contributed by atoms with Gasteiger partial charge in [-0.25, -0.2) is 15.0 Å². The summed E-state index contributed by atoms with van der Waals surface area (Å²) in [5, 5.41) is 0. The number of nitrogens with two attached hydrogens (primary N) is 1. The van der Waals surface area contributed by atoms with Crippen LogP contribution in [0, 0.1) is 0 Å². The van der Waals surface area contributed by atoms with Crippen LogP contribution < -0.4 is 5.73 Å². The molecular weight excluding hydrogens is 309 g/mol. The molecule has 0 amide bonds. The molecule has 0 aliphatic rings. The molecule has 2 N–H and O–H groups in total. The summed E-state index contributed by atoms with van der Waals surface area (Å²) < 4.78 is 60.6. The fraction of sp³-hybridized carbons (Fsp3) is 0.583. The van der Waals surface area contributed by atoms with Gasteiger partial charge in [0, 0.05) is 6.50 Å². The molecule has 0 aliphatic heterocycles. The number of imidazole rings is 1. The number of nitrogens with zero attached hydrogens (tertiary/aromatic N) is 4. The molecule has 0 aliphatic carbocycles. The fourth-order valence-corrected chi connectivity index (χ4v) is 2.87. The number of ether oxygens (including phenoxy) is 1. The number of hydrogen-bond donors (Lipinski definition) is 1. The summed E-state index contributed by atoms with van der Waals surface area (Å²) in [5.74, 6) is 0.0308. The van der Waals surface area contributed by atoms with Crippen LogP contribution in [0.1, 0.15) is 19.3 Å². The van der Waals surface area contributed by atoms with Gasteiger partial charge in [0.05, 0.1) is 31.6 Å². The standard InChI is InChI=1S/C12H20N5O4P/c1-3-20-22(18,21-4-2)9-19-6-5-17-8-16-10-11(13)14-7-15-12(10)17/h7-8H,3-6,9H2,1-2H3,(H2,13,14,15)/i5D2,6D2. The van der Waals surface area contributed by atoms with Gasteiger partial charge in [-0.2, -0.15) is 0 Å². The van der Waals surface area contributed by atoms with Crippen LogP contribution in [0.15, 0.2) is 12.7 Å². The van der Waals surface area contributed by atoms with E-state index in [9.17, 15) is 4.57 Å². The van der Waals surface area contributed by atoms with Crippen molar-refractivity contribution < 1.29 is 23.8 Å². The third kappa shape index (κ3) is 4.01. The number of nitrogen functional groups attached to an aromatic ring is 1. The highest BCUT2D eigenvalue weighted by atomic mass is 31.2. The molecule has 0 aromatic carbocycles. The van der Waals surface area contributed by atoms with E-state index in [0.29, 0.717) is 0 Å². The van der Waals surface area contributed by atoms with Gasteiger partial charge in [0.15, 0.2) is 11.5 Å². The highest BCUT2D eigenvalue weighted by Gasteiger charge is 2.23. The lowest BCUT2D eigenvalue weighted by Gasteiger charge is -2.16. The summed E-state index contributed by atoms with van der Waals surface area (Å²) in [6, 6.07) is 0. The molecule has 2 heterocycles. The third-order valence-corrected chi connectivity index (χ3v) is 4.22. The quantitative estimate of drug-likeness (QED) is 0.689. The van der Waals surface area contributed by atoms with E-state index in [-0.39, 0.29) is 30.2 Å². The molecular formula is C12H20N5O4P. The van der Waals surface area contributed by atoms with E-state index in [1.54, 1.807) is 13.8 Å². The van der Waals surface area contributed by atoms with Gasteiger partial charge in [0.25, 0.3) is 0 Å². The van der Waals surface area contributed by atoms with Crippen molar-refractivity contribution in [2.24, 2.45) is 0 Å². The Bertz CT molecular complexity index is 808. The molecule has 0 spiro atoms. The van der Waals surface area contributed by atoms with Crippen LogP contribution >= 0.6 is 7.60 Å². The zero-order chi connectivity index (χ0) is 19.6. The number of aromatic nitrogens is 4. The summed E-state index contributed by atoms with van der Waals surface area (Å²) in [6.07, 6.45) is 1.40. The molecule has 0 saturated heterocycles. The molecule has 10 heteroatoms. The van der Waals surface area contributed by atoms with Crippen molar-refractivity contribution in [2.45, 2.75) is 20.3 Å². The normalized spacial score (nSPS) is 16.1. The molecule has 2 aromatic heterocycles. The minimum Gasteiger partial charge on any atom is -0.382 e. The van der Waals surface area contributed by atoms with E-state index in [1.165, 1.54) is 0 Å². The first-order valence-corrected chi connectivity index (χ1v) is 8.27. The first kappa shape index (κ1) is 12.0. The Hall–Kier alpha value is -1.54. The molecule has 0 atom stereocenters. The topological polar surface area (TPSA) is 114 Å². The number of fused-ring (bicyclic) bond motifs is 1. The SMILES string of the molecule is [2H]C([2H])(OCP(=O)(OCC)OCC)C([2H])([2H])n1cnc2c(N)ncnc21.